The molecule has 0 N–H and O–H groups in total. The van der Waals surface area contributed by atoms with Crippen LogP contribution in [-0.4, -0.2) is 0 Å². The number of hydrogen-bond acceptors (Lipinski definition) is 2. The van der Waals surface area contributed by atoms with Gasteiger partial charge in [0, 0.05) is 22.5 Å². The van der Waals surface area contributed by atoms with Gasteiger partial charge in [-0.15, -0.1) is 0 Å². The Balaban J connectivity index is 1.12. The van der Waals surface area contributed by atoms with Gasteiger partial charge in [0.1, 0.15) is 12.4 Å². The number of nitrogens with zero attached hydrogens (tertiary/aromatic N) is 1. The van der Waals surface area contributed by atoms with E-state index in [1.54, 1.807) is 0 Å². The first-order valence-electron chi connectivity index (χ1n) is 21.9. The van der Waals surface area contributed by atoms with Gasteiger partial charge < -0.3 is 9.64 Å². The zero-order valence-electron chi connectivity index (χ0n) is 36.2. The minimum atomic E-state index is -0.576. The molecular weight excluding hydrogens is 739 g/mol. The van der Waals surface area contributed by atoms with Gasteiger partial charge in [-0.25, -0.2) is 0 Å². The van der Waals surface area contributed by atoms with E-state index in [4.69, 9.17) is 4.74 Å². The second-order valence-corrected chi connectivity index (χ2v) is 17.8. The highest BCUT2D eigenvalue weighted by molar-refractivity contribution is 5.91. The van der Waals surface area contributed by atoms with E-state index in [0.29, 0.717) is 12.5 Å². The Kier molecular flexibility index (Phi) is 9.56. The van der Waals surface area contributed by atoms with Crippen LogP contribution in [0.3, 0.4) is 0 Å². The molecular formula is C59H53NO. The summed E-state index contributed by atoms with van der Waals surface area (Å²) in [6.45, 7) is 14.2. The molecule has 8 aromatic rings. The van der Waals surface area contributed by atoms with E-state index in [1.165, 1.54) is 77.9 Å². The predicted molar refractivity (Wildman–Crippen MR) is 255 cm³/mol. The Labute approximate surface area is 362 Å². The Morgan fingerprint density at radius 2 is 1.05 bits per heavy atom. The highest BCUT2D eigenvalue weighted by atomic mass is 16.5. The fraction of sp³-hybridized carbons (Fsp3) is 0.186. The summed E-state index contributed by atoms with van der Waals surface area (Å²) in [7, 11) is 0. The lowest BCUT2D eigenvalue weighted by Crippen LogP contribution is -2.29. The van der Waals surface area contributed by atoms with Crippen molar-refractivity contribution in [2.75, 3.05) is 4.90 Å². The normalized spacial score (nSPS) is 16.0. The number of hydrogen-bond donors (Lipinski definition) is 0. The number of rotatable bonds is 10. The third-order valence-corrected chi connectivity index (χ3v) is 13.6. The number of benzene rings is 8. The van der Waals surface area contributed by atoms with Gasteiger partial charge in [-0.3, -0.25) is 0 Å². The largest absolute Gasteiger partial charge is 0.489 e. The van der Waals surface area contributed by atoms with E-state index < -0.39 is 5.41 Å². The highest BCUT2D eigenvalue weighted by Crippen LogP contribution is 2.58. The van der Waals surface area contributed by atoms with Crippen molar-refractivity contribution in [2.45, 2.75) is 71.3 Å². The smallest absolute Gasteiger partial charge is 0.119 e. The zero-order valence-corrected chi connectivity index (χ0v) is 36.2. The second kappa shape index (κ2) is 15.1. The lowest BCUT2D eigenvalue weighted by molar-refractivity contribution is 0.306. The average Bonchev–Trinajstić information content (AvgIpc) is 3.71. The molecule has 0 spiro atoms. The molecule has 2 nitrogen and oxygen atoms in total. The number of ether oxygens (including phenoxy) is 1. The molecule has 61 heavy (non-hydrogen) atoms. The van der Waals surface area contributed by atoms with Gasteiger partial charge in [0.25, 0.3) is 0 Å². The van der Waals surface area contributed by atoms with E-state index in [1.807, 2.05) is 0 Å². The molecule has 0 bridgehead atoms. The van der Waals surface area contributed by atoms with Crippen molar-refractivity contribution in [3.63, 3.8) is 0 Å². The van der Waals surface area contributed by atoms with Crippen molar-refractivity contribution >= 4 is 17.1 Å². The molecule has 2 unspecified atom stereocenters. The summed E-state index contributed by atoms with van der Waals surface area (Å²) >= 11 is 0. The maximum absolute atomic E-state index is 6.46. The fourth-order valence-corrected chi connectivity index (χ4v) is 10.4. The van der Waals surface area contributed by atoms with Crippen LogP contribution >= 0.6 is 0 Å². The summed E-state index contributed by atoms with van der Waals surface area (Å²) < 4.78 is 6.46. The van der Waals surface area contributed by atoms with Crippen LogP contribution < -0.4 is 9.64 Å². The van der Waals surface area contributed by atoms with Crippen molar-refractivity contribution in [3.05, 3.63) is 238 Å². The SMILES string of the molecule is CCC(C)c1ccc(COc2ccc(C3(c4cc(C)cc(C)c4)c4ccccc4-c4ccc(N(c5ccccc5)c5ccc6c(c5)C(C)(C)c5ccccc5-6)cc43)cc2)cc1. The summed E-state index contributed by atoms with van der Waals surface area (Å²) in [5.41, 5.74) is 20.8. The van der Waals surface area contributed by atoms with Gasteiger partial charge in [0.05, 0.1) is 5.41 Å². The first kappa shape index (κ1) is 38.6. The number of fused-ring (bicyclic) bond motifs is 6. The Bertz CT molecular complexity index is 2880. The molecule has 0 aliphatic heterocycles. The minimum Gasteiger partial charge on any atom is -0.489 e. The molecule has 0 aromatic heterocycles. The van der Waals surface area contributed by atoms with Gasteiger partial charge in [-0.2, -0.15) is 0 Å². The van der Waals surface area contributed by atoms with E-state index in [-0.39, 0.29) is 5.41 Å². The van der Waals surface area contributed by atoms with Crippen molar-refractivity contribution < 1.29 is 4.74 Å². The van der Waals surface area contributed by atoms with Gasteiger partial charge >= 0.3 is 0 Å². The summed E-state index contributed by atoms with van der Waals surface area (Å²) in [5, 5.41) is 0. The van der Waals surface area contributed by atoms with Gasteiger partial charge in [0.2, 0.25) is 0 Å². The standard InChI is InChI=1S/C59H53NO/c1-7-41(4)43-23-21-42(22-24-43)38-61-49-29-25-44(26-30-49)59(45-34-39(2)33-40(3)35-45)55-20-14-12-18-51(55)53-32-28-48(37-57(53)59)60(46-15-9-8-10-16-46)47-27-31-52-50-17-11-13-19-54(50)58(5,6)56(52)36-47/h8-37,41H,7,38H2,1-6H3. The molecule has 0 amide bonds. The Morgan fingerprint density at radius 1 is 0.492 bits per heavy atom. The van der Waals surface area contributed by atoms with E-state index in [9.17, 15) is 0 Å². The molecule has 0 heterocycles. The maximum atomic E-state index is 6.46. The van der Waals surface area contributed by atoms with Crippen LogP contribution in [0.1, 0.15) is 95.7 Å². The second-order valence-electron chi connectivity index (χ2n) is 17.8. The van der Waals surface area contributed by atoms with Crippen LogP contribution in [0.5, 0.6) is 5.75 Å². The highest BCUT2D eigenvalue weighted by Gasteiger charge is 2.47. The third kappa shape index (κ3) is 6.39. The number of anilines is 3. The number of para-hydroxylation sites is 1. The van der Waals surface area contributed by atoms with Crippen molar-refractivity contribution in [1.82, 2.24) is 0 Å². The van der Waals surface area contributed by atoms with Crippen LogP contribution in [-0.2, 0) is 17.4 Å². The van der Waals surface area contributed by atoms with Crippen molar-refractivity contribution in [3.8, 4) is 28.0 Å². The molecule has 0 fully saturated rings. The Morgan fingerprint density at radius 3 is 1.70 bits per heavy atom. The molecule has 8 aromatic carbocycles. The first-order valence-corrected chi connectivity index (χ1v) is 21.9. The molecule has 2 aliphatic rings. The summed E-state index contributed by atoms with van der Waals surface area (Å²) in [5.74, 6) is 1.42. The molecule has 300 valence electrons. The van der Waals surface area contributed by atoms with Crippen LogP contribution in [0, 0.1) is 13.8 Å². The maximum Gasteiger partial charge on any atom is 0.119 e. The van der Waals surface area contributed by atoms with Crippen molar-refractivity contribution in [2.24, 2.45) is 0 Å². The summed E-state index contributed by atoms with van der Waals surface area (Å²) in [6.07, 6.45) is 1.14. The van der Waals surface area contributed by atoms with Crippen LogP contribution in [0.2, 0.25) is 0 Å². The van der Waals surface area contributed by atoms with Crippen LogP contribution in [0.15, 0.2) is 182 Å². The quantitative estimate of drug-likeness (QED) is 0.137. The predicted octanol–water partition coefficient (Wildman–Crippen LogP) is 15.5. The lowest BCUT2D eigenvalue weighted by Gasteiger charge is -2.35. The molecule has 0 radical (unpaired) electrons. The fourth-order valence-electron chi connectivity index (χ4n) is 10.4. The average molecular weight is 792 g/mol. The van der Waals surface area contributed by atoms with Crippen LogP contribution in [0.4, 0.5) is 17.1 Å². The van der Waals surface area contributed by atoms with Gasteiger partial charge in [0.15, 0.2) is 0 Å². The zero-order chi connectivity index (χ0) is 41.9. The Hall–Kier alpha value is -6.64. The minimum absolute atomic E-state index is 0.115. The molecule has 2 aliphatic carbocycles. The monoisotopic (exact) mass is 791 g/mol. The molecule has 0 saturated carbocycles. The van der Waals surface area contributed by atoms with Gasteiger partial charge in [-0.1, -0.05) is 172 Å². The van der Waals surface area contributed by atoms with E-state index >= 15 is 0 Å². The van der Waals surface area contributed by atoms with Gasteiger partial charge in [-0.05, 0) is 141 Å². The van der Waals surface area contributed by atoms with Crippen LogP contribution in [0.25, 0.3) is 22.3 Å². The third-order valence-electron chi connectivity index (χ3n) is 13.6. The summed E-state index contributed by atoms with van der Waals surface area (Å²) in [4.78, 5) is 2.45. The first-order chi connectivity index (χ1) is 29.7. The molecule has 2 atom stereocenters. The van der Waals surface area contributed by atoms with E-state index in [2.05, 4.69) is 228 Å². The molecule has 10 rings (SSSR count). The molecule has 0 saturated heterocycles. The molecule has 2 heteroatoms. The summed E-state index contributed by atoms with van der Waals surface area (Å²) in [6, 6.07) is 67.9. The number of aryl methyl sites for hydroxylation is 2. The topological polar surface area (TPSA) is 12.5 Å². The van der Waals surface area contributed by atoms with E-state index in [0.717, 1.165) is 29.2 Å². The lowest BCUT2D eigenvalue weighted by atomic mass is 9.67. The van der Waals surface area contributed by atoms with Crippen molar-refractivity contribution in [1.29, 1.82) is 0 Å².